The molecule has 1 aliphatic rings. The highest BCUT2D eigenvalue weighted by Gasteiger charge is 2.38. The molecule has 3 aromatic carbocycles. The van der Waals surface area contributed by atoms with Crippen LogP contribution in [0.4, 0.5) is 5.69 Å². The van der Waals surface area contributed by atoms with Crippen molar-refractivity contribution in [2.24, 2.45) is 4.99 Å². The van der Waals surface area contributed by atoms with E-state index in [4.69, 9.17) is 4.99 Å². The molecule has 0 saturated heterocycles. The molecular formula is C27H29N3O. The van der Waals surface area contributed by atoms with Crippen molar-refractivity contribution in [1.82, 2.24) is 4.90 Å². The monoisotopic (exact) mass is 411 g/mol. The van der Waals surface area contributed by atoms with Crippen molar-refractivity contribution in [1.29, 1.82) is 0 Å². The molecule has 0 spiro atoms. The molecule has 158 valence electrons. The maximum atomic E-state index is 13.6. The van der Waals surface area contributed by atoms with Crippen molar-refractivity contribution >= 4 is 17.6 Å². The summed E-state index contributed by atoms with van der Waals surface area (Å²) in [6.07, 6.45) is 0.605. The summed E-state index contributed by atoms with van der Waals surface area (Å²) in [4.78, 5) is 22.6. The Kier molecular flexibility index (Phi) is 6.17. The van der Waals surface area contributed by atoms with Crippen molar-refractivity contribution in [2.45, 2.75) is 39.8 Å². The van der Waals surface area contributed by atoms with Crippen LogP contribution in [0.2, 0.25) is 0 Å². The van der Waals surface area contributed by atoms with E-state index in [1.165, 1.54) is 5.56 Å². The normalized spacial score (nSPS) is 15.8. The first-order valence-corrected chi connectivity index (χ1v) is 10.9. The lowest BCUT2D eigenvalue weighted by molar-refractivity contribution is -0.118. The molecule has 0 aliphatic carbocycles. The van der Waals surface area contributed by atoms with E-state index in [1.54, 1.807) is 0 Å². The number of hydrogen-bond acceptors (Lipinski definition) is 3. The van der Waals surface area contributed by atoms with Crippen LogP contribution in [0.5, 0.6) is 0 Å². The smallest absolute Gasteiger partial charge is 0.259 e. The molecule has 1 heterocycles. The third kappa shape index (κ3) is 4.69. The van der Waals surface area contributed by atoms with E-state index >= 15 is 0 Å². The standard InChI is InChI=1S/C27H29N3O/c1-4-29(19-23-13-9-6-10-14-23)27-28-25(18-22-11-7-5-8-12-22)26(31)30(27)24-16-20(2)15-21(3)17-24/h5-17,25H,4,18-19H2,1-3H3. The van der Waals surface area contributed by atoms with Crippen LogP contribution in [-0.4, -0.2) is 29.4 Å². The highest BCUT2D eigenvalue weighted by atomic mass is 16.2. The first-order chi connectivity index (χ1) is 15.0. The zero-order valence-corrected chi connectivity index (χ0v) is 18.5. The molecule has 4 rings (SSSR count). The van der Waals surface area contributed by atoms with E-state index in [0.29, 0.717) is 13.0 Å². The molecule has 0 radical (unpaired) electrons. The van der Waals surface area contributed by atoms with Crippen LogP contribution in [0, 0.1) is 13.8 Å². The topological polar surface area (TPSA) is 35.9 Å². The van der Waals surface area contributed by atoms with Gasteiger partial charge in [-0.1, -0.05) is 66.7 Å². The van der Waals surface area contributed by atoms with Gasteiger partial charge in [-0.25, -0.2) is 9.89 Å². The molecule has 0 aromatic heterocycles. The minimum atomic E-state index is -0.414. The fourth-order valence-electron chi connectivity index (χ4n) is 4.14. The highest BCUT2D eigenvalue weighted by molar-refractivity contribution is 6.22. The number of aryl methyl sites for hydroxylation is 2. The van der Waals surface area contributed by atoms with Crippen LogP contribution in [0.1, 0.15) is 29.2 Å². The Bertz CT molecular complexity index is 1060. The average molecular weight is 412 g/mol. The fraction of sp³-hybridized carbons (Fsp3) is 0.259. The van der Waals surface area contributed by atoms with Gasteiger partial charge in [0.15, 0.2) is 0 Å². The number of anilines is 1. The number of nitrogens with zero attached hydrogens (tertiary/aromatic N) is 3. The second kappa shape index (κ2) is 9.17. The maximum Gasteiger partial charge on any atom is 0.259 e. The fourth-order valence-corrected chi connectivity index (χ4v) is 4.14. The van der Waals surface area contributed by atoms with Gasteiger partial charge in [-0.2, -0.15) is 0 Å². The zero-order valence-electron chi connectivity index (χ0n) is 18.5. The van der Waals surface area contributed by atoms with Gasteiger partial charge in [0.2, 0.25) is 5.96 Å². The summed E-state index contributed by atoms with van der Waals surface area (Å²) in [6.45, 7) is 7.72. The molecule has 0 fully saturated rings. The van der Waals surface area contributed by atoms with Crippen molar-refractivity contribution in [3.63, 3.8) is 0 Å². The average Bonchev–Trinajstić information content (AvgIpc) is 3.08. The summed E-state index contributed by atoms with van der Waals surface area (Å²) < 4.78 is 0. The van der Waals surface area contributed by atoms with E-state index in [-0.39, 0.29) is 5.91 Å². The van der Waals surface area contributed by atoms with Crippen LogP contribution >= 0.6 is 0 Å². The molecule has 4 heteroatoms. The number of hydrogen-bond donors (Lipinski definition) is 0. The van der Waals surface area contributed by atoms with Gasteiger partial charge in [-0.15, -0.1) is 0 Å². The van der Waals surface area contributed by atoms with Gasteiger partial charge in [0.1, 0.15) is 6.04 Å². The Morgan fingerprint density at radius 3 is 2.03 bits per heavy atom. The lowest BCUT2D eigenvalue weighted by Crippen LogP contribution is -2.44. The van der Waals surface area contributed by atoms with Gasteiger partial charge in [0.05, 0.1) is 5.69 Å². The summed E-state index contributed by atoms with van der Waals surface area (Å²) >= 11 is 0. The van der Waals surface area contributed by atoms with Crippen LogP contribution in [-0.2, 0) is 17.8 Å². The lowest BCUT2D eigenvalue weighted by atomic mass is 10.1. The predicted molar refractivity (Wildman–Crippen MR) is 127 cm³/mol. The van der Waals surface area contributed by atoms with E-state index in [1.807, 2.05) is 41.3 Å². The van der Waals surface area contributed by atoms with Crippen LogP contribution in [0.3, 0.4) is 0 Å². The quantitative estimate of drug-likeness (QED) is 0.563. The van der Waals surface area contributed by atoms with E-state index in [9.17, 15) is 4.79 Å². The number of guanidine groups is 1. The molecule has 1 aliphatic heterocycles. The molecule has 0 saturated carbocycles. The Morgan fingerprint density at radius 1 is 0.871 bits per heavy atom. The van der Waals surface area contributed by atoms with Crippen LogP contribution in [0.15, 0.2) is 83.9 Å². The largest absolute Gasteiger partial charge is 0.338 e. The lowest BCUT2D eigenvalue weighted by Gasteiger charge is -2.29. The molecule has 0 N–H and O–H groups in total. The molecule has 31 heavy (non-hydrogen) atoms. The Morgan fingerprint density at radius 2 is 1.45 bits per heavy atom. The number of benzene rings is 3. The Hall–Kier alpha value is -3.40. The van der Waals surface area contributed by atoms with Gasteiger partial charge >= 0.3 is 0 Å². The first kappa shape index (κ1) is 20.9. The third-order valence-corrected chi connectivity index (χ3v) is 5.59. The SMILES string of the molecule is CCN(Cc1ccccc1)C1=NC(Cc2ccccc2)C(=O)N1c1cc(C)cc(C)c1. The molecular weight excluding hydrogens is 382 g/mol. The minimum absolute atomic E-state index is 0.0374. The summed E-state index contributed by atoms with van der Waals surface area (Å²) in [5, 5.41) is 0. The van der Waals surface area contributed by atoms with Crippen LogP contribution < -0.4 is 4.90 Å². The highest BCUT2D eigenvalue weighted by Crippen LogP contribution is 2.27. The zero-order chi connectivity index (χ0) is 21.8. The molecule has 4 nitrogen and oxygen atoms in total. The number of aliphatic imine (C=N–C) groups is 1. The summed E-state index contributed by atoms with van der Waals surface area (Å²) in [7, 11) is 0. The van der Waals surface area contributed by atoms with Gasteiger partial charge in [0, 0.05) is 19.5 Å². The molecule has 1 atom stereocenters. The van der Waals surface area contributed by atoms with Gasteiger partial charge < -0.3 is 4.90 Å². The molecule has 1 unspecified atom stereocenters. The van der Waals surface area contributed by atoms with Gasteiger partial charge in [0.25, 0.3) is 5.91 Å². The molecule has 3 aromatic rings. The number of carbonyl (C=O) groups is 1. The van der Waals surface area contributed by atoms with Crippen molar-refractivity contribution in [2.75, 3.05) is 11.4 Å². The second-order valence-corrected chi connectivity index (χ2v) is 8.15. The predicted octanol–water partition coefficient (Wildman–Crippen LogP) is 5.14. The van der Waals surface area contributed by atoms with E-state index < -0.39 is 6.04 Å². The third-order valence-electron chi connectivity index (χ3n) is 5.59. The van der Waals surface area contributed by atoms with Gasteiger partial charge in [-0.3, -0.25) is 4.79 Å². The maximum absolute atomic E-state index is 13.6. The number of carbonyl (C=O) groups excluding carboxylic acids is 1. The van der Waals surface area contributed by atoms with Crippen LogP contribution in [0.25, 0.3) is 0 Å². The summed E-state index contributed by atoms with van der Waals surface area (Å²) in [6, 6.07) is 26.3. The number of rotatable bonds is 6. The number of amides is 1. The molecule has 1 amide bonds. The second-order valence-electron chi connectivity index (χ2n) is 8.15. The Balaban J connectivity index is 1.71. The summed E-state index contributed by atoms with van der Waals surface area (Å²) in [5.74, 6) is 0.776. The van der Waals surface area contributed by atoms with Crippen molar-refractivity contribution < 1.29 is 4.79 Å². The van der Waals surface area contributed by atoms with Gasteiger partial charge in [-0.05, 0) is 55.2 Å². The van der Waals surface area contributed by atoms with E-state index in [2.05, 4.69) is 68.1 Å². The Labute approximate surface area is 184 Å². The van der Waals surface area contributed by atoms with E-state index in [0.717, 1.165) is 34.9 Å². The first-order valence-electron chi connectivity index (χ1n) is 10.9. The molecule has 0 bridgehead atoms. The van der Waals surface area contributed by atoms with Crippen molar-refractivity contribution in [3.8, 4) is 0 Å². The van der Waals surface area contributed by atoms with Crippen molar-refractivity contribution in [3.05, 3.63) is 101 Å². The summed E-state index contributed by atoms with van der Waals surface area (Å²) in [5.41, 5.74) is 5.49. The minimum Gasteiger partial charge on any atom is -0.338 e.